The van der Waals surface area contributed by atoms with Crippen LogP contribution in [0.15, 0.2) is 91.0 Å². The molecule has 9 fully saturated rings. The fraction of sp³-hybridized carbons (Fsp3) is 0.536. The lowest BCUT2D eigenvalue weighted by Gasteiger charge is -2.72. The van der Waals surface area contributed by atoms with Gasteiger partial charge in [-0.15, -0.1) is 0 Å². The molecule has 5 aromatic rings. The molecule has 9 saturated carbocycles. The molecule has 9 aliphatic carbocycles. The zero-order valence-corrected chi connectivity index (χ0v) is 38.3. The SMILES string of the molecule is NC(=O)CC(C(=O)N(c1cccc2nc(NCC3CC3)ccc12)c1cccc2nc(NC(CO)COCc3ccccc3)ccc12)(C12CC3CC(CC(C3)C1)C2)C12CC3CC(CC(C3)C1)C2. The molecule has 2 amide bonds. The molecule has 0 radical (unpaired) electrons. The second-order valence-corrected chi connectivity index (χ2v) is 22.5. The van der Waals surface area contributed by atoms with E-state index in [0.717, 1.165) is 89.6 Å². The van der Waals surface area contributed by atoms with Crippen LogP contribution in [-0.2, 0) is 20.9 Å². The molecule has 0 spiro atoms. The number of benzene rings is 3. The molecular formula is C56H66N6O4. The maximum absolute atomic E-state index is 17.5. The zero-order valence-electron chi connectivity index (χ0n) is 38.3. The van der Waals surface area contributed by atoms with Crippen LogP contribution < -0.4 is 21.3 Å². The first-order chi connectivity index (χ1) is 32.2. The fourth-order valence-electron chi connectivity index (χ4n) is 16.2. The highest BCUT2D eigenvalue weighted by Gasteiger charge is 2.74. The van der Waals surface area contributed by atoms with Gasteiger partial charge in [-0.2, -0.15) is 0 Å². The predicted molar refractivity (Wildman–Crippen MR) is 260 cm³/mol. The van der Waals surface area contributed by atoms with E-state index >= 15 is 4.79 Å². The molecule has 14 rings (SSSR count). The Morgan fingerprint density at radius 1 is 0.697 bits per heavy atom. The van der Waals surface area contributed by atoms with Gasteiger partial charge in [-0.05, 0) is 196 Å². The van der Waals surface area contributed by atoms with Crippen molar-refractivity contribution in [1.29, 1.82) is 0 Å². The van der Waals surface area contributed by atoms with Gasteiger partial charge in [-0.1, -0.05) is 42.5 Å². The summed E-state index contributed by atoms with van der Waals surface area (Å²) >= 11 is 0. The number of carbonyl (C=O) groups is 2. The Morgan fingerprint density at radius 3 is 1.71 bits per heavy atom. The van der Waals surface area contributed by atoms with E-state index in [2.05, 4.69) is 47.0 Å². The Bertz CT molecular complexity index is 2530. The van der Waals surface area contributed by atoms with E-state index in [-0.39, 0.29) is 41.7 Å². The molecule has 2 heterocycles. The minimum Gasteiger partial charge on any atom is -0.394 e. The van der Waals surface area contributed by atoms with Crippen molar-refractivity contribution >= 4 is 56.6 Å². The summed E-state index contributed by atoms with van der Waals surface area (Å²) in [6.45, 7) is 1.54. The number of nitrogens with two attached hydrogens (primary N) is 1. The van der Waals surface area contributed by atoms with Crippen LogP contribution in [0, 0.1) is 57.7 Å². The second-order valence-electron chi connectivity index (χ2n) is 22.5. The van der Waals surface area contributed by atoms with Gasteiger partial charge in [-0.3, -0.25) is 14.5 Å². The maximum Gasteiger partial charge on any atom is 0.239 e. The number of hydrogen-bond acceptors (Lipinski definition) is 8. The van der Waals surface area contributed by atoms with Crippen molar-refractivity contribution in [1.82, 2.24) is 9.97 Å². The molecule has 5 N–H and O–H groups in total. The number of nitrogens with one attached hydrogen (secondary N) is 2. The summed E-state index contributed by atoms with van der Waals surface area (Å²) in [4.78, 5) is 44.2. The number of primary amides is 1. The summed E-state index contributed by atoms with van der Waals surface area (Å²) in [7, 11) is 0. The second kappa shape index (κ2) is 16.6. The topological polar surface area (TPSA) is 143 Å². The third kappa shape index (κ3) is 7.36. The van der Waals surface area contributed by atoms with Crippen molar-refractivity contribution in [2.24, 2.45) is 63.4 Å². The number of aliphatic hydroxyl groups is 1. The van der Waals surface area contributed by atoms with Gasteiger partial charge in [0.2, 0.25) is 11.8 Å². The molecule has 0 saturated heterocycles. The van der Waals surface area contributed by atoms with Crippen molar-refractivity contribution in [2.45, 2.75) is 109 Å². The van der Waals surface area contributed by atoms with E-state index in [1.165, 1.54) is 51.4 Å². The van der Waals surface area contributed by atoms with E-state index in [1.807, 2.05) is 59.5 Å². The van der Waals surface area contributed by atoms with E-state index in [9.17, 15) is 9.90 Å². The monoisotopic (exact) mass is 887 g/mol. The number of rotatable bonds is 17. The summed E-state index contributed by atoms with van der Waals surface area (Å²) in [6.07, 6.45) is 16.1. The van der Waals surface area contributed by atoms with Gasteiger partial charge in [0.1, 0.15) is 11.6 Å². The van der Waals surface area contributed by atoms with Gasteiger partial charge in [0.25, 0.3) is 0 Å². The van der Waals surface area contributed by atoms with Crippen LogP contribution in [0.25, 0.3) is 21.8 Å². The molecule has 2 aromatic heterocycles. The maximum atomic E-state index is 17.5. The average molecular weight is 887 g/mol. The van der Waals surface area contributed by atoms with Crippen LogP contribution in [0.4, 0.5) is 23.0 Å². The number of hydrogen-bond donors (Lipinski definition) is 4. The number of amides is 2. The lowest BCUT2D eigenvalue weighted by molar-refractivity contribution is -0.226. The molecule has 66 heavy (non-hydrogen) atoms. The smallest absolute Gasteiger partial charge is 0.239 e. The number of anilines is 4. The minimum absolute atomic E-state index is 0.0549. The molecule has 10 heteroatoms. The van der Waals surface area contributed by atoms with Crippen molar-refractivity contribution in [3.8, 4) is 0 Å². The fourth-order valence-corrected chi connectivity index (χ4v) is 16.2. The number of fused-ring (bicyclic) bond motifs is 2. The van der Waals surface area contributed by atoms with Crippen molar-refractivity contribution in [3.05, 3.63) is 96.6 Å². The number of aliphatic hydroxyl groups excluding tert-OH is 1. The summed E-state index contributed by atoms with van der Waals surface area (Å²) in [5.41, 5.74) is 9.19. The Hall–Kier alpha value is -5.06. The first kappa shape index (κ1) is 42.3. The van der Waals surface area contributed by atoms with E-state index < -0.39 is 5.41 Å². The Labute approximate surface area is 388 Å². The molecular weight excluding hydrogens is 821 g/mol. The van der Waals surface area contributed by atoms with Gasteiger partial charge >= 0.3 is 0 Å². The molecule has 1 atom stereocenters. The number of nitrogens with zero attached hydrogens (tertiary/aromatic N) is 3. The molecule has 1 unspecified atom stereocenters. The minimum atomic E-state index is -0.982. The third-order valence-corrected chi connectivity index (χ3v) is 18.1. The summed E-state index contributed by atoms with van der Waals surface area (Å²) in [5, 5.41) is 19.2. The molecule has 8 bridgehead atoms. The summed E-state index contributed by atoms with van der Waals surface area (Å²) in [6, 6.07) is 30.2. The molecule has 10 nitrogen and oxygen atoms in total. The van der Waals surface area contributed by atoms with Gasteiger partial charge in [-0.25, -0.2) is 9.97 Å². The van der Waals surface area contributed by atoms with Crippen molar-refractivity contribution in [2.75, 3.05) is 35.3 Å². The third-order valence-electron chi connectivity index (χ3n) is 18.1. The van der Waals surface area contributed by atoms with Gasteiger partial charge < -0.3 is 26.2 Å². The van der Waals surface area contributed by atoms with Gasteiger partial charge in [0.15, 0.2) is 0 Å². The number of ether oxygens (including phenoxy) is 1. The van der Waals surface area contributed by atoms with Crippen LogP contribution in [-0.4, -0.2) is 52.7 Å². The van der Waals surface area contributed by atoms with Crippen LogP contribution >= 0.6 is 0 Å². The van der Waals surface area contributed by atoms with E-state index in [1.54, 1.807) is 0 Å². The quantitative estimate of drug-likeness (QED) is 0.0723. The first-order valence-electron chi connectivity index (χ1n) is 25.3. The van der Waals surface area contributed by atoms with Crippen LogP contribution in [0.3, 0.4) is 0 Å². The Balaban J connectivity index is 1.01. The molecule has 0 aliphatic heterocycles. The first-order valence-corrected chi connectivity index (χ1v) is 25.3. The predicted octanol–water partition coefficient (Wildman–Crippen LogP) is 10.6. The summed E-state index contributed by atoms with van der Waals surface area (Å²) in [5.74, 6) is 5.38. The molecule has 3 aromatic carbocycles. The standard InChI is InChI=1S/C56H66N6O4/c57-50(64)30-56(54-24-37-18-38(25-54)20-39(19-37)26-54,55-27-40-21-41(28-55)23-42(22-40)29-55)53(65)62(48-10-4-8-46-44(48)14-16-51(60-46)58-31-35-12-13-35)49-11-5-9-47-45(49)15-17-52(61-47)59-43(32-63)34-66-33-36-6-2-1-3-7-36/h1-11,14-17,35,37-43,63H,12-13,18-34H2,(H2,57,64)(H,58,60)(H,59,61). The van der Waals surface area contributed by atoms with Crippen LogP contribution in [0.5, 0.6) is 0 Å². The van der Waals surface area contributed by atoms with Crippen LogP contribution in [0.2, 0.25) is 0 Å². The Kier molecular flexibility index (Phi) is 10.7. The normalized spacial score (nSPS) is 30.6. The molecule has 344 valence electrons. The van der Waals surface area contributed by atoms with Crippen molar-refractivity contribution < 1.29 is 19.4 Å². The Morgan fingerprint density at radius 2 is 1.21 bits per heavy atom. The van der Waals surface area contributed by atoms with Crippen molar-refractivity contribution in [3.63, 3.8) is 0 Å². The number of pyridine rings is 2. The van der Waals surface area contributed by atoms with E-state index in [4.69, 9.17) is 20.4 Å². The zero-order chi connectivity index (χ0) is 44.6. The van der Waals surface area contributed by atoms with Gasteiger partial charge in [0.05, 0.1) is 53.7 Å². The number of carbonyl (C=O) groups excluding carboxylic acids is 2. The van der Waals surface area contributed by atoms with E-state index in [0.29, 0.717) is 60.5 Å². The molecule has 9 aliphatic rings. The average Bonchev–Trinajstić information content (AvgIpc) is 4.14. The largest absolute Gasteiger partial charge is 0.394 e. The van der Waals surface area contributed by atoms with Gasteiger partial charge in [0, 0.05) is 23.7 Å². The number of aromatic nitrogens is 2. The van der Waals surface area contributed by atoms with Crippen LogP contribution in [0.1, 0.15) is 102 Å². The highest BCUT2D eigenvalue weighted by Crippen LogP contribution is 2.77. The highest BCUT2D eigenvalue weighted by atomic mass is 16.5. The lowest BCUT2D eigenvalue weighted by Crippen LogP contribution is -2.70. The lowest BCUT2D eigenvalue weighted by atomic mass is 9.32. The summed E-state index contributed by atoms with van der Waals surface area (Å²) < 4.78 is 6.03. The highest BCUT2D eigenvalue weighted by molar-refractivity contribution is 6.15.